The highest BCUT2D eigenvalue weighted by molar-refractivity contribution is 6.33. The highest BCUT2D eigenvalue weighted by Gasteiger charge is 2.17. The molecule has 1 fully saturated rings. The zero-order chi connectivity index (χ0) is 27.6. The average molecular weight is 553 g/mol. The molecule has 0 bridgehead atoms. The summed E-state index contributed by atoms with van der Waals surface area (Å²) in [4.78, 5) is 19.5. The number of carbonyl (C=O) groups is 1. The molecule has 2 amide bonds. The number of nitrogens with one attached hydrogen (secondary N) is 3. The molecule has 1 aliphatic heterocycles. The summed E-state index contributed by atoms with van der Waals surface area (Å²) in [5.41, 5.74) is 13.2. The van der Waals surface area contributed by atoms with E-state index in [4.69, 9.17) is 22.3 Å². The fourth-order valence-corrected chi connectivity index (χ4v) is 5.16. The fraction of sp³-hybridized carbons (Fsp3) is 0.167. The van der Waals surface area contributed by atoms with Gasteiger partial charge in [-0.15, -0.1) is 0 Å². The fourth-order valence-electron chi connectivity index (χ4n) is 4.97. The second kappa shape index (κ2) is 10.9. The normalized spacial score (nSPS) is 15.2. The Morgan fingerprint density at radius 2 is 1.70 bits per heavy atom. The van der Waals surface area contributed by atoms with E-state index in [1.807, 2.05) is 12.1 Å². The minimum Gasteiger partial charge on any atom is -0.383 e. The first-order valence-electron chi connectivity index (χ1n) is 13.1. The summed E-state index contributed by atoms with van der Waals surface area (Å²) in [7, 11) is 0. The quantitative estimate of drug-likeness (QED) is 0.221. The molecule has 0 spiro atoms. The second-order valence-electron chi connectivity index (χ2n) is 9.84. The van der Waals surface area contributed by atoms with Crippen LogP contribution in [0.25, 0.3) is 27.9 Å². The minimum absolute atomic E-state index is 0.386. The average Bonchev–Trinajstić information content (AvgIpc) is 3.40. The Morgan fingerprint density at radius 3 is 2.45 bits per heavy atom. The SMILES string of the molecule is CC1CN(c2ccc(-c3cnn4c(N)c(-c5ccc(NC(=O)Nc6ccccc6Cl)cc5)cnc34)cc2)CCN1. The monoisotopic (exact) mass is 552 g/mol. The molecule has 0 saturated carbocycles. The maximum Gasteiger partial charge on any atom is 0.323 e. The van der Waals surface area contributed by atoms with E-state index in [0.717, 1.165) is 41.9 Å². The van der Waals surface area contributed by atoms with E-state index in [1.165, 1.54) is 5.69 Å². The zero-order valence-electron chi connectivity index (χ0n) is 21.9. The van der Waals surface area contributed by atoms with Gasteiger partial charge in [0.25, 0.3) is 0 Å². The molecule has 6 rings (SSSR count). The molecule has 1 saturated heterocycles. The highest BCUT2D eigenvalue weighted by Crippen LogP contribution is 2.31. The minimum atomic E-state index is -0.386. The molecule has 2 aromatic heterocycles. The van der Waals surface area contributed by atoms with Gasteiger partial charge in [0.2, 0.25) is 0 Å². The summed E-state index contributed by atoms with van der Waals surface area (Å²) in [6.07, 6.45) is 3.56. The number of amides is 2. The molecule has 3 heterocycles. The van der Waals surface area contributed by atoms with Crippen molar-refractivity contribution in [3.05, 3.63) is 90.2 Å². The molecule has 10 heteroatoms. The number of halogens is 1. The molecule has 9 nitrogen and oxygen atoms in total. The van der Waals surface area contributed by atoms with E-state index in [1.54, 1.807) is 53.3 Å². The van der Waals surface area contributed by atoms with E-state index in [0.29, 0.717) is 33.9 Å². The van der Waals surface area contributed by atoms with Gasteiger partial charge in [-0.25, -0.2) is 9.78 Å². The molecule has 3 aromatic carbocycles. The summed E-state index contributed by atoms with van der Waals surface area (Å²) in [5, 5.41) is 14.0. The number of nitrogens with zero attached hydrogens (tertiary/aromatic N) is 4. The number of nitrogens with two attached hydrogens (primary N) is 1. The lowest BCUT2D eigenvalue weighted by Gasteiger charge is -2.33. The predicted octanol–water partition coefficient (Wildman–Crippen LogP) is 5.74. The van der Waals surface area contributed by atoms with Crippen molar-refractivity contribution < 1.29 is 4.79 Å². The molecule has 0 aliphatic carbocycles. The number of carbonyl (C=O) groups excluding carboxylic acids is 1. The van der Waals surface area contributed by atoms with Gasteiger partial charge in [-0.1, -0.05) is 48.0 Å². The van der Waals surface area contributed by atoms with Gasteiger partial charge in [0.1, 0.15) is 5.82 Å². The van der Waals surface area contributed by atoms with E-state index in [9.17, 15) is 4.79 Å². The number of fused-ring (bicyclic) bond motifs is 1. The number of hydrogen-bond acceptors (Lipinski definition) is 6. The number of urea groups is 1. The van der Waals surface area contributed by atoms with Gasteiger partial charge >= 0.3 is 6.03 Å². The van der Waals surface area contributed by atoms with Gasteiger partial charge in [-0.05, 0) is 54.4 Å². The maximum absolute atomic E-state index is 12.4. The molecule has 202 valence electrons. The zero-order valence-corrected chi connectivity index (χ0v) is 22.7. The molecule has 1 atom stereocenters. The van der Waals surface area contributed by atoms with Gasteiger partial charge in [-0.2, -0.15) is 9.61 Å². The first-order chi connectivity index (χ1) is 19.5. The van der Waals surface area contributed by atoms with Crippen molar-refractivity contribution in [1.29, 1.82) is 0 Å². The van der Waals surface area contributed by atoms with Crippen LogP contribution in [0.15, 0.2) is 85.2 Å². The summed E-state index contributed by atoms with van der Waals surface area (Å²) in [6, 6.07) is 23.0. The number of para-hydroxylation sites is 1. The van der Waals surface area contributed by atoms with Crippen molar-refractivity contribution in [2.45, 2.75) is 13.0 Å². The Kier molecular flexibility index (Phi) is 6.98. The number of rotatable bonds is 5. The maximum atomic E-state index is 12.4. The number of piperazine rings is 1. The van der Waals surface area contributed by atoms with Crippen molar-refractivity contribution in [2.75, 3.05) is 40.9 Å². The molecule has 5 aromatic rings. The smallest absolute Gasteiger partial charge is 0.323 e. The largest absolute Gasteiger partial charge is 0.383 e. The van der Waals surface area contributed by atoms with Crippen LogP contribution in [-0.2, 0) is 0 Å². The Balaban J connectivity index is 1.18. The first-order valence-corrected chi connectivity index (χ1v) is 13.5. The summed E-state index contributed by atoms with van der Waals surface area (Å²) in [6.45, 7) is 5.18. The van der Waals surface area contributed by atoms with E-state index in [2.05, 4.69) is 57.1 Å². The van der Waals surface area contributed by atoms with Crippen molar-refractivity contribution >= 4 is 46.2 Å². The molecule has 40 heavy (non-hydrogen) atoms. The van der Waals surface area contributed by atoms with Crippen LogP contribution >= 0.6 is 11.6 Å². The molecular formula is C30H29ClN8O. The number of aromatic nitrogens is 3. The first kappa shape index (κ1) is 25.7. The third-order valence-corrected chi connectivity index (χ3v) is 7.38. The van der Waals surface area contributed by atoms with Gasteiger partial charge in [0.15, 0.2) is 5.65 Å². The molecular weight excluding hydrogens is 524 g/mol. The summed E-state index contributed by atoms with van der Waals surface area (Å²) < 4.78 is 1.67. The van der Waals surface area contributed by atoms with Gasteiger partial charge < -0.3 is 26.6 Å². The predicted molar refractivity (Wildman–Crippen MR) is 162 cm³/mol. The van der Waals surface area contributed by atoms with E-state index < -0.39 is 0 Å². The van der Waals surface area contributed by atoms with Gasteiger partial charge in [-0.3, -0.25) is 0 Å². The third-order valence-electron chi connectivity index (χ3n) is 7.05. The van der Waals surface area contributed by atoms with E-state index >= 15 is 0 Å². The topological polar surface area (TPSA) is 113 Å². The van der Waals surface area contributed by atoms with Crippen LogP contribution in [0.1, 0.15) is 6.92 Å². The third kappa shape index (κ3) is 5.16. The number of hydrogen-bond donors (Lipinski definition) is 4. The summed E-state index contributed by atoms with van der Waals surface area (Å²) in [5.74, 6) is 0.486. The molecule has 5 N–H and O–H groups in total. The number of benzene rings is 3. The Morgan fingerprint density at radius 1 is 0.975 bits per heavy atom. The van der Waals surface area contributed by atoms with Crippen molar-refractivity contribution in [2.24, 2.45) is 0 Å². The number of anilines is 4. The lowest BCUT2D eigenvalue weighted by atomic mass is 10.1. The van der Waals surface area contributed by atoms with Crippen LogP contribution in [0, 0.1) is 0 Å². The van der Waals surface area contributed by atoms with Crippen LogP contribution in [0.5, 0.6) is 0 Å². The Labute approximate surface area is 237 Å². The van der Waals surface area contributed by atoms with Crippen LogP contribution < -0.4 is 26.6 Å². The standard InChI is InChI=1S/C30H29ClN8O/c1-19-18-38(15-14-33-19)23-12-8-21(9-13-23)25-17-35-39-28(32)24(16-34-29(25)39)20-6-10-22(11-7-20)36-30(40)37-27-5-3-2-4-26(27)31/h2-13,16-17,19,33H,14-15,18,32H2,1H3,(H2,36,37,40). The van der Waals surface area contributed by atoms with Crippen LogP contribution in [-0.4, -0.2) is 46.3 Å². The van der Waals surface area contributed by atoms with Crippen molar-refractivity contribution in [3.8, 4) is 22.3 Å². The molecule has 1 unspecified atom stereocenters. The van der Waals surface area contributed by atoms with Crippen LogP contribution in [0.4, 0.5) is 27.7 Å². The van der Waals surface area contributed by atoms with Gasteiger partial charge in [0.05, 0.1) is 16.9 Å². The summed E-state index contributed by atoms with van der Waals surface area (Å²) >= 11 is 6.12. The van der Waals surface area contributed by atoms with Gasteiger partial charge in [0, 0.05) is 54.4 Å². The molecule has 1 aliphatic rings. The van der Waals surface area contributed by atoms with E-state index in [-0.39, 0.29) is 6.03 Å². The van der Waals surface area contributed by atoms with Crippen LogP contribution in [0.2, 0.25) is 5.02 Å². The Hall–Kier alpha value is -4.60. The highest BCUT2D eigenvalue weighted by atomic mass is 35.5. The lowest BCUT2D eigenvalue weighted by molar-refractivity contribution is 0.262. The number of nitrogen functional groups attached to an aromatic ring is 1. The van der Waals surface area contributed by atoms with Crippen molar-refractivity contribution in [3.63, 3.8) is 0 Å². The molecule has 0 radical (unpaired) electrons. The Bertz CT molecular complexity index is 1670. The lowest BCUT2D eigenvalue weighted by Crippen LogP contribution is -2.49. The second-order valence-corrected chi connectivity index (χ2v) is 10.2. The van der Waals surface area contributed by atoms with Crippen molar-refractivity contribution in [1.82, 2.24) is 19.9 Å². The van der Waals surface area contributed by atoms with Crippen LogP contribution in [0.3, 0.4) is 0 Å².